The summed E-state index contributed by atoms with van der Waals surface area (Å²) >= 11 is 0. The van der Waals surface area contributed by atoms with Crippen molar-refractivity contribution in [3.8, 4) is 11.1 Å². The van der Waals surface area contributed by atoms with E-state index in [0.29, 0.717) is 6.54 Å². The Balaban J connectivity index is 2.35. The molecule has 0 aliphatic rings. The molecule has 0 radical (unpaired) electrons. The zero-order valence-electron chi connectivity index (χ0n) is 10.1. The van der Waals surface area contributed by atoms with Crippen LogP contribution in [0.2, 0.25) is 0 Å². The van der Waals surface area contributed by atoms with Gasteiger partial charge in [-0.3, -0.25) is 0 Å². The number of benzene rings is 1. The molecule has 0 saturated carbocycles. The second-order valence-electron chi connectivity index (χ2n) is 4.06. The van der Waals surface area contributed by atoms with Crippen molar-refractivity contribution in [3.05, 3.63) is 47.7 Å². The molecule has 3 heteroatoms. The number of rotatable bonds is 4. The molecule has 0 spiro atoms. The van der Waals surface area contributed by atoms with Crippen LogP contribution in [0.3, 0.4) is 0 Å². The minimum atomic E-state index is -0.212. The summed E-state index contributed by atoms with van der Waals surface area (Å²) in [5.41, 5.74) is 2.73. The Morgan fingerprint density at radius 2 is 2.12 bits per heavy atom. The summed E-state index contributed by atoms with van der Waals surface area (Å²) in [6, 6.07) is 6.89. The Kier molecular flexibility index (Phi) is 3.59. The third kappa shape index (κ3) is 2.74. The van der Waals surface area contributed by atoms with Crippen LogP contribution < -0.4 is 5.32 Å². The molecule has 2 nitrogen and oxygen atoms in total. The fourth-order valence-electron chi connectivity index (χ4n) is 1.87. The summed E-state index contributed by atoms with van der Waals surface area (Å²) in [7, 11) is 0. The van der Waals surface area contributed by atoms with Crippen molar-refractivity contribution in [2.24, 2.45) is 0 Å². The Morgan fingerprint density at radius 3 is 2.82 bits per heavy atom. The predicted molar refractivity (Wildman–Crippen MR) is 66.2 cm³/mol. The van der Waals surface area contributed by atoms with Gasteiger partial charge in [-0.2, -0.15) is 0 Å². The van der Waals surface area contributed by atoms with Crippen molar-refractivity contribution in [1.82, 2.24) is 5.32 Å². The van der Waals surface area contributed by atoms with Crippen molar-refractivity contribution in [2.45, 2.75) is 20.4 Å². The van der Waals surface area contributed by atoms with Gasteiger partial charge in [0.2, 0.25) is 0 Å². The molecule has 1 aromatic heterocycles. The van der Waals surface area contributed by atoms with Crippen LogP contribution in [0.4, 0.5) is 4.39 Å². The van der Waals surface area contributed by atoms with Crippen molar-refractivity contribution < 1.29 is 8.81 Å². The van der Waals surface area contributed by atoms with Gasteiger partial charge in [-0.05, 0) is 42.8 Å². The number of aryl methyl sites for hydroxylation is 1. The first-order chi connectivity index (χ1) is 8.20. The first kappa shape index (κ1) is 11.9. The minimum Gasteiger partial charge on any atom is -0.467 e. The second-order valence-corrected chi connectivity index (χ2v) is 4.06. The molecule has 2 rings (SSSR count). The van der Waals surface area contributed by atoms with E-state index < -0.39 is 0 Å². The van der Waals surface area contributed by atoms with E-state index in [0.717, 1.165) is 29.0 Å². The zero-order valence-corrected chi connectivity index (χ0v) is 10.1. The number of hydrogen-bond acceptors (Lipinski definition) is 2. The maximum absolute atomic E-state index is 13.4. The molecule has 0 bridgehead atoms. The molecule has 17 heavy (non-hydrogen) atoms. The topological polar surface area (TPSA) is 25.2 Å². The summed E-state index contributed by atoms with van der Waals surface area (Å²) in [6.07, 6.45) is 1.64. The fourth-order valence-corrected chi connectivity index (χ4v) is 1.87. The maximum Gasteiger partial charge on any atom is 0.125 e. The van der Waals surface area contributed by atoms with Gasteiger partial charge in [0, 0.05) is 5.56 Å². The van der Waals surface area contributed by atoms with Crippen LogP contribution in [0.1, 0.15) is 18.2 Å². The monoisotopic (exact) mass is 233 g/mol. The lowest BCUT2D eigenvalue weighted by Crippen LogP contribution is -2.11. The first-order valence-electron chi connectivity index (χ1n) is 5.75. The van der Waals surface area contributed by atoms with E-state index in [1.165, 1.54) is 12.1 Å². The SMILES string of the molecule is CCNCc1occc1-c1cc(C)cc(F)c1. The molecule has 0 saturated heterocycles. The average Bonchev–Trinajstić information content (AvgIpc) is 2.73. The largest absolute Gasteiger partial charge is 0.467 e. The first-order valence-corrected chi connectivity index (χ1v) is 5.75. The quantitative estimate of drug-likeness (QED) is 0.874. The van der Waals surface area contributed by atoms with Crippen LogP contribution >= 0.6 is 0 Å². The van der Waals surface area contributed by atoms with Crippen molar-refractivity contribution in [3.63, 3.8) is 0 Å². The third-order valence-electron chi connectivity index (χ3n) is 2.63. The van der Waals surface area contributed by atoms with Gasteiger partial charge < -0.3 is 9.73 Å². The molecule has 90 valence electrons. The molecule has 0 aliphatic heterocycles. The normalized spacial score (nSPS) is 10.8. The molecule has 0 atom stereocenters. The lowest BCUT2D eigenvalue weighted by atomic mass is 10.0. The third-order valence-corrected chi connectivity index (χ3v) is 2.63. The number of halogens is 1. The molecule has 0 unspecified atom stereocenters. The Morgan fingerprint density at radius 1 is 1.29 bits per heavy atom. The minimum absolute atomic E-state index is 0.212. The van der Waals surface area contributed by atoms with Crippen LogP contribution in [0.15, 0.2) is 34.9 Å². The fraction of sp³-hybridized carbons (Fsp3) is 0.286. The summed E-state index contributed by atoms with van der Waals surface area (Å²) in [6.45, 7) is 5.46. The van der Waals surface area contributed by atoms with Gasteiger partial charge in [0.25, 0.3) is 0 Å². The summed E-state index contributed by atoms with van der Waals surface area (Å²) in [5.74, 6) is 0.632. The van der Waals surface area contributed by atoms with E-state index in [-0.39, 0.29) is 5.82 Å². The van der Waals surface area contributed by atoms with E-state index in [1.54, 1.807) is 6.26 Å². The van der Waals surface area contributed by atoms with E-state index in [9.17, 15) is 4.39 Å². The van der Waals surface area contributed by atoms with Crippen LogP contribution in [0.5, 0.6) is 0 Å². The Hall–Kier alpha value is -1.61. The lowest BCUT2D eigenvalue weighted by molar-refractivity contribution is 0.489. The highest BCUT2D eigenvalue weighted by Gasteiger charge is 2.09. The van der Waals surface area contributed by atoms with Crippen molar-refractivity contribution >= 4 is 0 Å². The van der Waals surface area contributed by atoms with E-state index >= 15 is 0 Å². The van der Waals surface area contributed by atoms with Gasteiger partial charge in [-0.25, -0.2) is 4.39 Å². The molecule has 1 aromatic carbocycles. The average molecular weight is 233 g/mol. The molecular formula is C14H16FNO. The van der Waals surface area contributed by atoms with Crippen LogP contribution in [-0.2, 0) is 6.54 Å². The van der Waals surface area contributed by atoms with Crippen molar-refractivity contribution in [2.75, 3.05) is 6.54 Å². The predicted octanol–water partition coefficient (Wildman–Crippen LogP) is 3.50. The Labute approximate surface area is 100 Å². The Bertz CT molecular complexity index is 484. The maximum atomic E-state index is 13.4. The van der Waals surface area contributed by atoms with E-state index in [2.05, 4.69) is 5.32 Å². The molecule has 1 heterocycles. The van der Waals surface area contributed by atoms with E-state index in [1.807, 2.05) is 26.0 Å². The van der Waals surface area contributed by atoms with Gasteiger partial charge in [0.1, 0.15) is 11.6 Å². The number of hydrogen-bond donors (Lipinski definition) is 1. The number of furan rings is 1. The van der Waals surface area contributed by atoms with Crippen LogP contribution in [0.25, 0.3) is 11.1 Å². The van der Waals surface area contributed by atoms with Crippen molar-refractivity contribution in [1.29, 1.82) is 0 Å². The molecule has 0 fully saturated rings. The molecule has 2 aromatic rings. The summed E-state index contributed by atoms with van der Waals surface area (Å²) in [4.78, 5) is 0. The highest BCUT2D eigenvalue weighted by atomic mass is 19.1. The van der Waals surface area contributed by atoms with Gasteiger partial charge >= 0.3 is 0 Å². The van der Waals surface area contributed by atoms with E-state index in [4.69, 9.17) is 4.42 Å². The smallest absolute Gasteiger partial charge is 0.125 e. The summed E-state index contributed by atoms with van der Waals surface area (Å²) in [5, 5.41) is 3.20. The van der Waals surface area contributed by atoms with Gasteiger partial charge in [-0.15, -0.1) is 0 Å². The lowest BCUT2D eigenvalue weighted by Gasteiger charge is -2.05. The van der Waals surface area contributed by atoms with Crippen LogP contribution in [0, 0.1) is 12.7 Å². The molecule has 0 amide bonds. The van der Waals surface area contributed by atoms with Gasteiger partial charge in [0.05, 0.1) is 12.8 Å². The standard InChI is InChI=1S/C14H16FNO/c1-3-16-9-14-13(4-5-17-14)11-6-10(2)7-12(15)8-11/h4-8,16H,3,9H2,1-2H3. The van der Waals surface area contributed by atoms with Gasteiger partial charge in [-0.1, -0.05) is 13.0 Å². The highest BCUT2D eigenvalue weighted by molar-refractivity contribution is 5.66. The number of nitrogens with one attached hydrogen (secondary N) is 1. The second kappa shape index (κ2) is 5.15. The van der Waals surface area contributed by atoms with Crippen LogP contribution in [-0.4, -0.2) is 6.54 Å². The molecule has 0 aliphatic carbocycles. The summed E-state index contributed by atoms with van der Waals surface area (Å²) < 4.78 is 18.8. The molecule has 1 N–H and O–H groups in total. The zero-order chi connectivity index (χ0) is 12.3. The molecular weight excluding hydrogens is 217 g/mol. The van der Waals surface area contributed by atoms with Gasteiger partial charge in [0.15, 0.2) is 0 Å². The highest BCUT2D eigenvalue weighted by Crippen LogP contribution is 2.26.